The highest BCUT2D eigenvalue weighted by Crippen LogP contribution is 2.20. The molecule has 1 aromatic rings. The summed E-state index contributed by atoms with van der Waals surface area (Å²) in [5.41, 5.74) is 0.785. The van der Waals surface area contributed by atoms with Crippen molar-refractivity contribution < 1.29 is 4.39 Å². The minimum absolute atomic E-state index is 0.120. The molecule has 1 nitrogen and oxygen atoms in total. The number of benzene rings is 1. The van der Waals surface area contributed by atoms with E-state index >= 15 is 0 Å². The van der Waals surface area contributed by atoms with Crippen LogP contribution in [0.4, 0.5) is 4.39 Å². The standard InChI is InChI=1S/C11H13BrFN/c12-10-3-1-2-8(11(10)13)6-7-14-9-4-5-9/h1-3,9,14H,4-7H2. The Bertz CT molecular complexity index is 323. The van der Waals surface area contributed by atoms with E-state index in [2.05, 4.69) is 21.2 Å². The molecule has 1 N–H and O–H groups in total. The van der Waals surface area contributed by atoms with E-state index in [9.17, 15) is 4.39 Å². The number of hydrogen-bond acceptors (Lipinski definition) is 1. The third-order valence-electron chi connectivity index (χ3n) is 2.44. The first-order valence-electron chi connectivity index (χ1n) is 4.93. The number of rotatable bonds is 4. The third kappa shape index (κ3) is 2.55. The van der Waals surface area contributed by atoms with Gasteiger partial charge in [0.25, 0.3) is 0 Å². The lowest BCUT2D eigenvalue weighted by atomic mass is 10.1. The summed E-state index contributed by atoms with van der Waals surface area (Å²) in [4.78, 5) is 0. The molecular weight excluding hydrogens is 245 g/mol. The minimum Gasteiger partial charge on any atom is -0.314 e. The van der Waals surface area contributed by atoms with Gasteiger partial charge < -0.3 is 5.32 Å². The average molecular weight is 258 g/mol. The fraction of sp³-hybridized carbons (Fsp3) is 0.455. The van der Waals surface area contributed by atoms with Gasteiger partial charge in [-0.2, -0.15) is 0 Å². The van der Waals surface area contributed by atoms with Crippen molar-refractivity contribution in [3.63, 3.8) is 0 Å². The third-order valence-corrected chi connectivity index (χ3v) is 3.05. The van der Waals surface area contributed by atoms with Crippen LogP contribution < -0.4 is 5.32 Å². The van der Waals surface area contributed by atoms with E-state index in [4.69, 9.17) is 0 Å². The van der Waals surface area contributed by atoms with Crippen molar-refractivity contribution >= 4 is 15.9 Å². The van der Waals surface area contributed by atoms with E-state index < -0.39 is 0 Å². The van der Waals surface area contributed by atoms with E-state index in [0.29, 0.717) is 10.5 Å². The molecule has 0 unspecified atom stereocenters. The largest absolute Gasteiger partial charge is 0.314 e. The Hall–Kier alpha value is -0.410. The van der Waals surface area contributed by atoms with E-state index in [-0.39, 0.29) is 5.82 Å². The lowest BCUT2D eigenvalue weighted by Crippen LogP contribution is -2.19. The summed E-state index contributed by atoms with van der Waals surface area (Å²) in [6, 6.07) is 6.15. The van der Waals surface area contributed by atoms with Crippen LogP contribution in [-0.2, 0) is 6.42 Å². The quantitative estimate of drug-likeness (QED) is 0.875. The summed E-state index contributed by atoms with van der Waals surface area (Å²) in [6.07, 6.45) is 3.32. The van der Waals surface area contributed by atoms with E-state index in [0.717, 1.165) is 18.5 Å². The topological polar surface area (TPSA) is 12.0 Å². The van der Waals surface area contributed by atoms with Gasteiger partial charge in [-0.3, -0.25) is 0 Å². The first-order chi connectivity index (χ1) is 6.77. The van der Waals surface area contributed by atoms with E-state index in [1.165, 1.54) is 12.8 Å². The van der Waals surface area contributed by atoms with Crippen molar-refractivity contribution in [1.29, 1.82) is 0 Å². The lowest BCUT2D eigenvalue weighted by molar-refractivity contribution is 0.591. The summed E-state index contributed by atoms with van der Waals surface area (Å²) in [7, 11) is 0. The minimum atomic E-state index is -0.120. The Balaban J connectivity index is 1.90. The molecule has 0 spiro atoms. The van der Waals surface area contributed by atoms with E-state index in [1.807, 2.05) is 12.1 Å². The molecule has 0 saturated heterocycles. The number of halogens is 2. The second-order valence-electron chi connectivity index (χ2n) is 3.69. The van der Waals surface area contributed by atoms with Crippen molar-refractivity contribution in [2.45, 2.75) is 25.3 Å². The average Bonchev–Trinajstić information content (AvgIpc) is 2.96. The molecule has 0 bridgehead atoms. The predicted molar refractivity (Wildman–Crippen MR) is 58.8 cm³/mol. The summed E-state index contributed by atoms with van der Waals surface area (Å²) < 4.78 is 14.0. The van der Waals surface area contributed by atoms with Crippen molar-refractivity contribution in [1.82, 2.24) is 5.32 Å². The summed E-state index contributed by atoms with van der Waals surface area (Å²) >= 11 is 3.18. The van der Waals surface area contributed by atoms with Gasteiger partial charge in [-0.15, -0.1) is 0 Å². The summed E-state index contributed by atoms with van der Waals surface area (Å²) in [5, 5.41) is 3.37. The summed E-state index contributed by atoms with van der Waals surface area (Å²) in [5.74, 6) is -0.120. The fourth-order valence-corrected chi connectivity index (χ4v) is 1.85. The fourth-order valence-electron chi connectivity index (χ4n) is 1.44. The van der Waals surface area contributed by atoms with Gasteiger partial charge in [0.05, 0.1) is 4.47 Å². The summed E-state index contributed by atoms with van der Waals surface area (Å²) in [6.45, 7) is 0.873. The molecular formula is C11H13BrFN. The monoisotopic (exact) mass is 257 g/mol. The van der Waals surface area contributed by atoms with Crippen LogP contribution in [0.25, 0.3) is 0 Å². The molecule has 0 amide bonds. The molecule has 0 aromatic heterocycles. The van der Waals surface area contributed by atoms with Crippen molar-refractivity contribution in [2.75, 3.05) is 6.54 Å². The van der Waals surface area contributed by atoms with Crippen LogP contribution in [-0.4, -0.2) is 12.6 Å². The van der Waals surface area contributed by atoms with Crippen molar-refractivity contribution in [2.24, 2.45) is 0 Å². The van der Waals surface area contributed by atoms with Gasteiger partial charge in [0.1, 0.15) is 5.82 Å². The predicted octanol–water partition coefficient (Wildman–Crippen LogP) is 2.88. The second-order valence-corrected chi connectivity index (χ2v) is 4.55. The number of hydrogen-bond donors (Lipinski definition) is 1. The molecule has 1 aliphatic carbocycles. The molecule has 3 heteroatoms. The molecule has 0 aliphatic heterocycles. The second kappa shape index (κ2) is 4.41. The zero-order valence-electron chi connectivity index (χ0n) is 7.89. The van der Waals surface area contributed by atoms with Gasteiger partial charge in [0, 0.05) is 6.04 Å². The Kier molecular flexibility index (Phi) is 3.19. The molecule has 1 aromatic carbocycles. The first-order valence-corrected chi connectivity index (χ1v) is 5.73. The van der Waals surface area contributed by atoms with Crippen LogP contribution in [0.1, 0.15) is 18.4 Å². The highest BCUT2D eigenvalue weighted by molar-refractivity contribution is 9.10. The van der Waals surface area contributed by atoms with Crippen LogP contribution >= 0.6 is 15.9 Å². The van der Waals surface area contributed by atoms with Crippen LogP contribution in [0, 0.1) is 5.82 Å². The van der Waals surface area contributed by atoms with Gasteiger partial charge >= 0.3 is 0 Å². The Morgan fingerprint density at radius 2 is 2.21 bits per heavy atom. The zero-order valence-corrected chi connectivity index (χ0v) is 9.48. The van der Waals surface area contributed by atoms with Crippen LogP contribution in [0.15, 0.2) is 22.7 Å². The van der Waals surface area contributed by atoms with Gasteiger partial charge in [-0.05, 0) is 53.4 Å². The van der Waals surface area contributed by atoms with Gasteiger partial charge in [0.2, 0.25) is 0 Å². The van der Waals surface area contributed by atoms with Crippen molar-refractivity contribution in [3.8, 4) is 0 Å². The maximum atomic E-state index is 13.5. The number of nitrogens with one attached hydrogen (secondary N) is 1. The van der Waals surface area contributed by atoms with Crippen LogP contribution in [0.3, 0.4) is 0 Å². The molecule has 2 rings (SSSR count). The maximum absolute atomic E-state index is 13.5. The molecule has 1 aliphatic rings. The van der Waals surface area contributed by atoms with Gasteiger partial charge in [-0.25, -0.2) is 4.39 Å². The molecule has 1 fully saturated rings. The molecule has 14 heavy (non-hydrogen) atoms. The molecule has 0 heterocycles. The zero-order chi connectivity index (χ0) is 9.97. The molecule has 0 radical (unpaired) electrons. The SMILES string of the molecule is Fc1c(Br)cccc1CCNC1CC1. The highest BCUT2D eigenvalue weighted by atomic mass is 79.9. The Morgan fingerprint density at radius 1 is 1.43 bits per heavy atom. The normalized spacial score (nSPS) is 15.9. The van der Waals surface area contributed by atoms with Crippen LogP contribution in [0.5, 0.6) is 0 Å². The van der Waals surface area contributed by atoms with Crippen molar-refractivity contribution in [3.05, 3.63) is 34.1 Å². The van der Waals surface area contributed by atoms with Crippen LogP contribution in [0.2, 0.25) is 0 Å². The Morgan fingerprint density at radius 3 is 2.93 bits per heavy atom. The molecule has 0 atom stereocenters. The smallest absolute Gasteiger partial charge is 0.140 e. The lowest BCUT2D eigenvalue weighted by Gasteiger charge is -2.05. The van der Waals surface area contributed by atoms with E-state index in [1.54, 1.807) is 6.07 Å². The van der Waals surface area contributed by atoms with Gasteiger partial charge in [0.15, 0.2) is 0 Å². The highest BCUT2D eigenvalue weighted by Gasteiger charge is 2.19. The van der Waals surface area contributed by atoms with Gasteiger partial charge in [-0.1, -0.05) is 12.1 Å². The molecule has 76 valence electrons. The first kappa shape index (κ1) is 10.1. The Labute approximate surface area is 91.8 Å². The molecule has 1 saturated carbocycles. The maximum Gasteiger partial charge on any atom is 0.140 e.